The zero-order chi connectivity index (χ0) is 9.97. The molecule has 0 amide bonds. The molecule has 0 aromatic carbocycles. The highest BCUT2D eigenvalue weighted by Gasteiger charge is 2.07. The van der Waals surface area contributed by atoms with Gasteiger partial charge < -0.3 is 4.90 Å². The van der Waals surface area contributed by atoms with Gasteiger partial charge in [0.1, 0.15) is 0 Å². The molecule has 1 heterocycles. The predicted octanol–water partition coefficient (Wildman–Crippen LogP) is 2.10. The van der Waals surface area contributed by atoms with E-state index in [1.165, 1.54) is 16.8 Å². The number of fused-ring (bicyclic) bond motifs is 1. The van der Waals surface area contributed by atoms with Crippen molar-refractivity contribution in [2.24, 2.45) is 0 Å². The van der Waals surface area contributed by atoms with Gasteiger partial charge in [-0.1, -0.05) is 18.2 Å². The van der Waals surface area contributed by atoms with E-state index in [-0.39, 0.29) is 0 Å². The normalized spacial score (nSPS) is 16.9. The topological polar surface area (TPSA) is 16.1 Å². The third-order valence-corrected chi connectivity index (χ3v) is 2.20. The minimum atomic E-state index is 0.935. The van der Waals surface area contributed by atoms with Crippen molar-refractivity contribution in [3.63, 3.8) is 0 Å². The molecular formula is C12H14N2. The monoisotopic (exact) mass is 186 g/mol. The van der Waals surface area contributed by atoms with E-state index in [4.69, 9.17) is 0 Å². The molecule has 0 unspecified atom stereocenters. The van der Waals surface area contributed by atoms with Gasteiger partial charge in [0.25, 0.3) is 0 Å². The quantitative estimate of drug-likeness (QED) is 0.667. The third-order valence-electron chi connectivity index (χ3n) is 2.20. The van der Waals surface area contributed by atoms with E-state index in [2.05, 4.69) is 34.3 Å². The Bertz CT molecular complexity index is 389. The van der Waals surface area contributed by atoms with Gasteiger partial charge >= 0.3 is 0 Å². The fourth-order valence-electron chi connectivity index (χ4n) is 1.62. The lowest BCUT2D eigenvalue weighted by Crippen LogP contribution is -2.06. The second-order valence-corrected chi connectivity index (χ2v) is 3.72. The molecule has 72 valence electrons. The number of aromatic nitrogens is 1. The fraction of sp³-hybridized carbons (Fsp3) is 0.250. The van der Waals surface area contributed by atoms with Crippen LogP contribution in [0.1, 0.15) is 11.3 Å². The first kappa shape index (κ1) is 9.00. The molecule has 0 saturated carbocycles. The van der Waals surface area contributed by atoms with E-state index in [0.29, 0.717) is 0 Å². The Morgan fingerprint density at radius 2 is 2.21 bits per heavy atom. The van der Waals surface area contributed by atoms with Crippen LogP contribution in [0.2, 0.25) is 0 Å². The molecule has 1 aliphatic carbocycles. The van der Waals surface area contributed by atoms with Gasteiger partial charge in [0.15, 0.2) is 0 Å². The Labute approximate surface area is 84.6 Å². The van der Waals surface area contributed by atoms with Gasteiger partial charge in [0.2, 0.25) is 0 Å². The number of hydrogen-bond donors (Lipinski definition) is 0. The summed E-state index contributed by atoms with van der Waals surface area (Å²) in [5.74, 6) is 0. The Morgan fingerprint density at radius 3 is 3.00 bits per heavy atom. The molecule has 0 bridgehead atoms. The molecule has 0 aliphatic heterocycles. The number of allylic oxidation sites excluding steroid dienone is 2. The van der Waals surface area contributed by atoms with Crippen LogP contribution in [-0.4, -0.2) is 24.0 Å². The zero-order valence-corrected chi connectivity index (χ0v) is 8.57. The van der Waals surface area contributed by atoms with Gasteiger partial charge in [-0.05, 0) is 17.2 Å². The van der Waals surface area contributed by atoms with Crippen molar-refractivity contribution in [2.75, 3.05) is 14.1 Å². The molecule has 2 nitrogen and oxygen atoms in total. The third kappa shape index (κ3) is 1.84. The summed E-state index contributed by atoms with van der Waals surface area (Å²) in [6.07, 6.45) is 9.20. The summed E-state index contributed by atoms with van der Waals surface area (Å²) in [5, 5.41) is 0. The summed E-state index contributed by atoms with van der Waals surface area (Å²) < 4.78 is 0. The number of pyridine rings is 1. The molecule has 2 rings (SSSR count). The Balaban J connectivity index is 2.30. The molecule has 0 radical (unpaired) electrons. The molecular weight excluding hydrogens is 172 g/mol. The Morgan fingerprint density at radius 1 is 1.36 bits per heavy atom. The molecule has 1 aliphatic rings. The zero-order valence-electron chi connectivity index (χ0n) is 8.57. The van der Waals surface area contributed by atoms with Crippen molar-refractivity contribution in [3.05, 3.63) is 47.4 Å². The van der Waals surface area contributed by atoms with Crippen LogP contribution in [0, 0.1) is 0 Å². The van der Waals surface area contributed by atoms with E-state index in [1.54, 1.807) is 0 Å². The first-order valence-electron chi connectivity index (χ1n) is 4.75. The van der Waals surface area contributed by atoms with Crippen molar-refractivity contribution in [2.45, 2.75) is 6.42 Å². The summed E-state index contributed by atoms with van der Waals surface area (Å²) >= 11 is 0. The molecule has 0 saturated heterocycles. The second-order valence-electron chi connectivity index (χ2n) is 3.72. The molecule has 1 aromatic rings. The van der Waals surface area contributed by atoms with Crippen LogP contribution < -0.4 is 0 Å². The van der Waals surface area contributed by atoms with Crippen molar-refractivity contribution in [3.8, 4) is 0 Å². The minimum Gasteiger partial charge on any atom is -0.383 e. The molecule has 14 heavy (non-hydrogen) atoms. The van der Waals surface area contributed by atoms with E-state index < -0.39 is 0 Å². The summed E-state index contributed by atoms with van der Waals surface area (Å²) in [6.45, 7) is 0. The summed E-state index contributed by atoms with van der Waals surface area (Å²) in [6, 6.07) is 4.08. The lowest BCUT2D eigenvalue weighted by Gasteiger charge is -2.13. The molecule has 2 heteroatoms. The second kappa shape index (κ2) is 3.66. The maximum absolute atomic E-state index is 4.37. The van der Waals surface area contributed by atoms with Crippen LogP contribution >= 0.6 is 0 Å². The van der Waals surface area contributed by atoms with Crippen LogP contribution in [0.15, 0.2) is 36.2 Å². The summed E-state index contributed by atoms with van der Waals surface area (Å²) in [5.41, 5.74) is 3.72. The van der Waals surface area contributed by atoms with Gasteiger partial charge in [-0.25, -0.2) is 0 Å². The predicted molar refractivity (Wildman–Crippen MR) is 58.7 cm³/mol. The number of hydrogen-bond acceptors (Lipinski definition) is 2. The van der Waals surface area contributed by atoms with E-state index in [9.17, 15) is 0 Å². The van der Waals surface area contributed by atoms with Gasteiger partial charge in [-0.15, -0.1) is 0 Å². The first-order chi connectivity index (χ1) is 6.75. The summed E-state index contributed by atoms with van der Waals surface area (Å²) in [4.78, 5) is 6.43. The average molecular weight is 186 g/mol. The van der Waals surface area contributed by atoms with Crippen molar-refractivity contribution in [1.82, 2.24) is 9.88 Å². The highest BCUT2D eigenvalue weighted by Crippen LogP contribution is 2.19. The highest BCUT2D eigenvalue weighted by atomic mass is 15.0. The van der Waals surface area contributed by atoms with Crippen molar-refractivity contribution < 1.29 is 0 Å². The minimum absolute atomic E-state index is 0.935. The average Bonchev–Trinajstić information content (AvgIpc) is 2.17. The van der Waals surface area contributed by atoms with Gasteiger partial charge in [-0.2, -0.15) is 0 Å². The van der Waals surface area contributed by atoms with Gasteiger partial charge in [0.05, 0.1) is 5.69 Å². The maximum atomic E-state index is 4.37. The molecule has 0 atom stereocenters. The SMILES string of the molecule is CN(C)/C=C1\C=Cc2cccnc2C1. The fourth-order valence-corrected chi connectivity index (χ4v) is 1.62. The lowest BCUT2D eigenvalue weighted by atomic mass is 9.99. The maximum Gasteiger partial charge on any atom is 0.0520 e. The van der Waals surface area contributed by atoms with E-state index in [1.807, 2.05) is 26.4 Å². The van der Waals surface area contributed by atoms with Crippen LogP contribution in [0.3, 0.4) is 0 Å². The molecule has 0 fully saturated rings. The van der Waals surface area contributed by atoms with Crippen molar-refractivity contribution in [1.29, 1.82) is 0 Å². The van der Waals surface area contributed by atoms with E-state index >= 15 is 0 Å². The van der Waals surface area contributed by atoms with Crippen LogP contribution in [0.25, 0.3) is 6.08 Å². The molecule has 1 aromatic heterocycles. The van der Waals surface area contributed by atoms with Crippen LogP contribution in [0.5, 0.6) is 0 Å². The Kier molecular flexibility index (Phi) is 2.35. The first-order valence-corrected chi connectivity index (χ1v) is 4.75. The van der Waals surface area contributed by atoms with Crippen molar-refractivity contribution >= 4 is 6.08 Å². The van der Waals surface area contributed by atoms with Crippen LogP contribution in [0.4, 0.5) is 0 Å². The number of nitrogens with zero attached hydrogens (tertiary/aromatic N) is 2. The van der Waals surface area contributed by atoms with Crippen LogP contribution in [-0.2, 0) is 6.42 Å². The standard InChI is InChI=1S/C12H14N2/c1-14(2)9-10-5-6-11-4-3-7-13-12(11)8-10/h3-7,9H,8H2,1-2H3/b10-9+. The largest absolute Gasteiger partial charge is 0.383 e. The molecule has 0 spiro atoms. The smallest absolute Gasteiger partial charge is 0.0520 e. The molecule has 0 N–H and O–H groups in total. The number of rotatable bonds is 1. The lowest BCUT2D eigenvalue weighted by molar-refractivity contribution is 0.558. The Hall–Kier alpha value is -1.57. The summed E-state index contributed by atoms with van der Waals surface area (Å²) in [7, 11) is 4.07. The highest BCUT2D eigenvalue weighted by molar-refractivity contribution is 5.59. The van der Waals surface area contributed by atoms with Gasteiger partial charge in [-0.3, -0.25) is 4.98 Å². The van der Waals surface area contributed by atoms with Gasteiger partial charge in [0, 0.05) is 32.9 Å². The van der Waals surface area contributed by atoms with E-state index in [0.717, 1.165) is 6.42 Å².